The van der Waals surface area contributed by atoms with Gasteiger partial charge >= 0.3 is 0 Å². The van der Waals surface area contributed by atoms with Gasteiger partial charge in [-0.15, -0.1) is 0 Å². The Balaban J connectivity index is 2.05. The lowest BCUT2D eigenvalue weighted by Crippen LogP contribution is -2.29. The summed E-state index contributed by atoms with van der Waals surface area (Å²) in [5.41, 5.74) is 2.36. The van der Waals surface area contributed by atoms with Crippen LogP contribution in [0.2, 0.25) is 0 Å². The van der Waals surface area contributed by atoms with E-state index in [-0.39, 0.29) is 28.9 Å². The average Bonchev–Trinajstić information content (AvgIpc) is 2.51. The van der Waals surface area contributed by atoms with Crippen LogP contribution in [0.4, 0.5) is 5.69 Å². The summed E-state index contributed by atoms with van der Waals surface area (Å²) in [4.78, 5) is 0. The number of sulfonamides is 1. The third-order valence-electron chi connectivity index (χ3n) is 4.04. The van der Waals surface area contributed by atoms with Crippen molar-refractivity contribution >= 4 is 15.7 Å². The molecule has 5 N–H and O–H groups in total. The minimum absolute atomic E-state index is 0.113. The van der Waals surface area contributed by atoms with Crippen LogP contribution in [0.25, 0.3) is 0 Å². The summed E-state index contributed by atoms with van der Waals surface area (Å²) in [6, 6.07) is 7.89. The number of benzene rings is 2. The van der Waals surface area contributed by atoms with Gasteiger partial charge in [-0.3, -0.25) is 4.72 Å². The highest BCUT2D eigenvalue weighted by molar-refractivity contribution is 7.92. The van der Waals surface area contributed by atoms with E-state index in [4.69, 9.17) is 0 Å². The molecule has 128 valence electrons. The monoisotopic (exact) mass is 350 g/mol. The van der Waals surface area contributed by atoms with Gasteiger partial charge in [0.2, 0.25) is 10.0 Å². The second-order valence-electron chi connectivity index (χ2n) is 5.84. The summed E-state index contributed by atoms with van der Waals surface area (Å²) < 4.78 is 25.1. The number of phenolic OH excluding ortho intramolecular Hbond substituents is 3. The zero-order chi connectivity index (χ0) is 17.5. The fourth-order valence-electron chi connectivity index (χ4n) is 2.95. The van der Waals surface area contributed by atoms with Gasteiger partial charge in [-0.1, -0.05) is 12.1 Å². The standard InChI is InChI=1S/C16H18N2O5S/c1-24(22,23)18-13-4-3-10-11(7-17-8-12(10)16(13)21)9-2-5-14(19)15(20)6-9/h2-6,11,17-21H,7-8H2,1H3. The Kier molecular flexibility index (Phi) is 4.02. The number of nitrogens with one attached hydrogen (secondary N) is 2. The van der Waals surface area contributed by atoms with E-state index in [1.165, 1.54) is 18.2 Å². The summed E-state index contributed by atoms with van der Waals surface area (Å²) in [7, 11) is -3.49. The second-order valence-corrected chi connectivity index (χ2v) is 7.58. The third-order valence-corrected chi connectivity index (χ3v) is 4.63. The van der Waals surface area contributed by atoms with E-state index < -0.39 is 10.0 Å². The van der Waals surface area contributed by atoms with Crippen LogP contribution < -0.4 is 10.0 Å². The first-order chi connectivity index (χ1) is 11.3. The van der Waals surface area contributed by atoms with Gasteiger partial charge in [-0.2, -0.15) is 0 Å². The Morgan fingerprint density at radius 3 is 2.54 bits per heavy atom. The first-order valence-corrected chi connectivity index (χ1v) is 9.20. The first-order valence-electron chi connectivity index (χ1n) is 7.31. The largest absolute Gasteiger partial charge is 0.505 e. The van der Waals surface area contributed by atoms with Crippen molar-refractivity contribution in [1.82, 2.24) is 5.32 Å². The average molecular weight is 350 g/mol. The molecule has 0 aliphatic carbocycles. The lowest BCUT2D eigenvalue weighted by atomic mass is 9.84. The van der Waals surface area contributed by atoms with Crippen molar-refractivity contribution in [2.75, 3.05) is 17.5 Å². The lowest BCUT2D eigenvalue weighted by Gasteiger charge is -2.28. The van der Waals surface area contributed by atoms with Gasteiger partial charge < -0.3 is 20.6 Å². The Labute approximate surface area is 139 Å². The molecule has 1 heterocycles. The van der Waals surface area contributed by atoms with Crippen molar-refractivity contribution in [1.29, 1.82) is 0 Å². The van der Waals surface area contributed by atoms with E-state index in [0.717, 1.165) is 17.4 Å². The Bertz CT molecular complexity index is 896. The molecular weight excluding hydrogens is 332 g/mol. The van der Waals surface area contributed by atoms with Gasteiger partial charge in [-0.25, -0.2) is 8.42 Å². The van der Waals surface area contributed by atoms with Crippen LogP contribution >= 0.6 is 0 Å². The molecule has 7 nitrogen and oxygen atoms in total. The van der Waals surface area contributed by atoms with Gasteiger partial charge in [0.15, 0.2) is 11.5 Å². The summed E-state index contributed by atoms with van der Waals surface area (Å²) in [6.45, 7) is 0.997. The van der Waals surface area contributed by atoms with E-state index in [1.807, 2.05) is 0 Å². The van der Waals surface area contributed by atoms with Crippen molar-refractivity contribution in [3.05, 3.63) is 47.0 Å². The van der Waals surface area contributed by atoms with Crippen molar-refractivity contribution in [3.63, 3.8) is 0 Å². The molecule has 0 bridgehead atoms. The SMILES string of the molecule is CS(=O)(=O)Nc1ccc2c(c1O)CNCC2c1ccc(O)c(O)c1. The van der Waals surface area contributed by atoms with Crippen LogP contribution in [-0.2, 0) is 16.6 Å². The topological polar surface area (TPSA) is 119 Å². The molecule has 0 radical (unpaired) electrons. The maximum Gasteiger partial charge on any atom is 0.229 e. The molecule has 0 saturated carbocycles. The van der Waals surface area contributed by atoms with Crippen LogP contribution in [0, 0.1) is 0 Å². The predicted molar refractivity (Wildman–Crippen MR) is 89.9 cm³/mol. The molecule has 1 unspecified atom stereocenters. The second kappa shape index (κ2) is 5.88. The number of hydrogen-bond acceptors (Lipinski definition) is 6. The van der Waals surface area contributed by atoms with Crippen molar-refractivity contribution in [2.24, 2.45) is 0 Å². The zero-order valence-electron chi connectivity index (χ0n) is 12.9. The van der Waals surface area contributed by atoms with Crippen molar-refractivity contribution in [3.8, 4) is 17.2 Å². The molecule has 1 atom stereocenters. The number of phenols is 3. The minimum atomic E-state index is -3.49. The van der Waals surface area contributed by atoms with Crippen LogP contribution in [0.3, 0.4) is 0 Å². The molecule has 0 saturated heterocycles. The Morgan fingerprint density at radius 1 is 1.12 bits per heavy atom. The fraction of sp³-hybridized carbons (Fsp3) is 0.250. The van der Waals surface area contributed by atoms with Gasteiger partial charge in [0.25, 0.3) is 0 Å². The van der Waals surface area contributed by atoms with Crippen LogP contribution in [0.1, 0.15) is 22.6 Å². The normalized spacial score (nSPS) is 17.3. The van der Waals surface area contributed by atoms with E-state index >= 15 is 0 Å². The maximum atomic E-state index is 11.4. The van der Waals surface area contributed by atoms with Gasteiger partial charge in [0, 0.05) is 24.6 Å². The highest BCUT2D eigenvalue weighted by Crippen LogP contribution is 2.40. The Hall–Kier alpha value is -2.45. The Morgan fingerprint density at radius 2 is 1.88 bits per heavy atom. The molecule has 1 aliphatic heterocycles. The number of rotatable bonds is 3. The van der Waals surface area contributed by atoms with Crippen molar-refractivity contribution < 1.29 is 23.7 Å². The van der Waals surface area contributed by atoms with Gasteiger partial charge in [0.05, 0.1) is 11.9 Å². The molecule has 24 heavy (non-hydrogen) atoms. The van der Waals surface area contributed by atoms with E-state index in [0.29, 0.717) is 18.7 Å². The number of hydrogen-bond donors (Lipinski definition) is 5. The summed E-state index contributed by atoms with van der Waals surface area (Å²) in [6.07, 6.45) is 1.02. The molecule has 0 spiro atoms. The quantitative estimate of drug-likeness (QED) is 0.534. The molecule has 8 heteroatoms. The molecule has 0 aromatic heterocycles. The highest BCUT2D eigenvalue weighted by atomic mass is 32.2. The van der Waals surface area contributed by atoms with Gasteiger partial charge in [0.1, 0.15) is 5.75 Å². The number of anilines is 1. The van der Waals surface area contributed by atoms with E-state index in [1.54, 1.807) is 12.1 Å². The molecule has 2 aromatic carbocycles. The maximum absolute atomic E-state index is 11.4. The smallest absolute Gasteiger partial charge is 0.229 e. The molecule has 3 rings (SSSR count). The number of fused-ring (bicyclic) bond motifs is 1. The van der Waals surface area contributed by atoms with Crippen LogP contribution in [0.15, 0.2) is 30.3 Å². The van der Waals surface area contributed by atoms with Crippen LogP contribution in [0.5, 0.6) is 17.2 Å². The summed E-state index contributed by atoms with van der Waals surface area (Å²) >= 11 is 0. The van der Waals surface area contributed by atoms with Crippen LogP contribution in [-0.4, -0.2) is 36.5 Å². The molecule has 2 aromatic rings. The third kappa shape index (κ3) is 3.10. The molecule has 0 fully saturated rings. The predicted octanol–water partition coefficient (Wildman–Crippen LogP) is 1.41. The number of aromatic hydroxyl groups is 3. The summed E-state index contributed by atoms with van der Waals surface area (Å²) in [5.74, 6) is -0.658. The summed E-state index contributed by atoms with van der Waals surface area (Å²) in [5, 5.41) is 32.7. The minimum Gasteiger partial charge on any atom is -0.505 e. The van der Waals surface area contributed by atoms with E-state index in [9.17, 15) is 23.7 Å². The van der Waals surface area contributed by atoms with Gasteiger partial charge in [-0.05, 0) is 29.3 Å². The molecule has 1 aliphatic rings. The first kappa shape index (κ1) is 16.4. The highest BCUT2D eigenvalue weighted by Gasteiger charge is 2.26. The fourth-order valence-corrected chi connectivity index (χ4v) is 3.52. The van der Waals surface area contributed by atoms with Crippen molar-refractivity contribution in [2.45, 2.75) is 12.5 Å². The molecule has 0 amide bonds. The lowest BCUT2D eigenvalue weighted by molar-refractivity contribution is 0.402. The molecular formula is C16H18N2O5S. The van der Waals surface area contributed by atoms with E-state index in [2.05, 4.69) is 10.0 Å². The zero-order valence-corrected chi connectivity index (χ0v) is 13.8.